The average molecular weight is 408 g/mol. The van der Waals surface area contributed by atoms with Gasteiger partial charge in [-0.05, 0) is 37.1 Å². The highest BCUT2D eigenvalue weighted by Crippen LogP contribution is 2.38. The number of aromatic nitrogens is 3. The van der Waals surface area contributed by atoms with Crippen molar-refractivity contribution in [1.29, 1.82) is 0 Å². The molecule has 1 aliphatic heterocycles. The molecular weight excluding hydrogens is 384 g/mol. The van der Waals surface area contributed by atoms with Crippen LogP contribution in [-0.4, -0.2) is 46.6 Å². The van der Waals surface area contributed by atoms with E-state index in [2.05, 4.69) is 10.3 Å². The van der Waals surface area contributed by atoms with Gasteiger partial charge in [0, 0.05) is 24.6 Å². The molecule has 0 saturated carbocycles. The fraction of sp³-hybridized carbons (Fsp3) is 0.364. The second-order valence-electron chi connectivity index (χ2n) is 7.24. The number of likely N-dealkylation sites (tertiary alicyclic amines) is 1. The molecule has 1 atom stereocenters. The van der Waals surface area contributed by atoms with Crippen LogP contribution in [0.1, 0.15) is 30.9 Å². The van der Waals surface area contributed by atoms with E-state index in [0.29, 0.717) is 28.9 Å². The van der Waals surface area contributed by atoms with Gasteiger partial charge in [-0.2, -0.15) is 0 Å². The molecule has 8 nitrogen and oxygen atoms in total. The molecule has 2 heterocycles. The molecule has 0 N–H and O–H groups in total. The van der Waals surface area contributed by atoms with Gasteiger partial charge in [0.05, 0.1) is 32.2 Å². The van der Waals surface area contributed by atoms with Crippen LogP contribution in [0.3, 0.4) is 0 Å². The van der Waals surface area contributed by atoms with Gasteiger partial charge in [-0.15, -0.1) is 5.10 Å². The predicted octanol–water partition coefficient (Wildman–Crippen LogP) is 2.56. The Morgan fingerprint density at radius 2 is 2.00 bits per heavy atom. The van der Waals surface area contributed by atoms with Gasteiger partial charge >= 0.3 is 0 Å². The number of carbonyl (C=O) groups excluding carboxylic acids is 1. The summed E-state index contributed by atoms with van der Waals surface area (Å²) in [6.07, 6.45) is 1.97. The minimum atomic E-state index is -0.233. The molecule has 8 heteroatoms. The van der Waals surface area contributed by atoms with E-state index < -0.39 is 0 Å². The lowest BCUT2D eigenvalue weighted by molar-refractivity contribution is -0.132. The van der Waals surface area contributed by atoms with E-state index in [1.165, 1.54) is 4.68 Å². The minimum absolute atomic E-state index is 0.0165. The lowest BCUT2D eigenvalue weighted by Crippen LogP contribution is -2.33. The van der Waals surface area contributed by atoms with Gasteiger partial charge in [-0.1, -0.05) is 17.3 Å². The highest BCUT2D eigenvalue weighted by Gasteiger charge is 2.31. The Hall–Kier alpha value is -3.42. The van der Waals surface area contributed by atoms with E-state index in [9.17, 15) is 9.59 Å². The van der Waals surface area contributed by atoms with Crippen LogP contribution < -0.4 is 15.0 Å². The van der Waals surface area contributed by atoms with Crippen LogP contribution in [0, 0.1) is 0 Å². The number of benzene rings is 2. The number of aryl methyl sites for hydroxylation is 1. The number of hydrogen-bond acceptors (Lipinski definition) is 6. The van der Waals surface area contributed by atoms with E-state index in [1.54, 1.807) is 32.4 Å². The maximum absolute atomic E-state index is 13.0. The molecule has 1 saturated heterocycles. The molecule has 30 heavy (non-hydrogen) atoms. The summed E-state index contributed by atoms with van der Waals surface area (Å²) in [5, 5.41) is 8.56. The van der Waals surface area contributed by atoms with Gasteiger partial charge in [0.1, 0.15) is 17.0 Å². The third-order valence-corrected chi connectivity index (χ3v) is 5.54. The van der Waals surface area contributed by atoms with Gasteiger partial charge in [0.25, 0.3) is 5.56 Å². The van der Waals surface area contributed by atoms with E-state index in [-0.39, 0.29) is 30.5 Å². The van der Waals surface area contributed by atoms with Crippen LogP contribution in [-0.2, 0) is 11.3 Å². The number of ether oxygens (including phenoxy) is 2. The van der Waals surface area contributed by atoms with Crippen molar-refractivity contribution >= 4 is 16.8 Å². The molecule has 0 spiro atoms. The van der Waals surface area contributed by atoms with E-state index >= 15 is 0 Å². The van der Waals surface area contributed by atoms with Crippen LogP contribution >= 0.6 is 0 Å². The summed E-state index contributed by atoms with van der Waals surface area (Å²) in [7, 11) is 3.22. The zero-order valence-corrected chi connectivity index (χ0v) is 17.1. The largest absolute Gasteiger partial charge is 0.497 e. The smallest absolute Gasteiger partial charge is 0.277 e. The first-order chi connectivity index (χ1) is 14.6. The first-order valence-electron chi connectivity index (χ1n) is 9.96. The van der Waals surface area contributed by atoms with Gasteiger partial charge in [0.15, 0.2) is 0 Å². The first-order valence-corrected chi connectivity index (χ1v) is 9.96. The Kier molecular flexibility index (Phi) is 5.65. The van der Waals surface area contributed by atoms with Crippen LogP contribution in [0.25, 0.3) is 10.9 Å². The van der Waals surface area contributed by atoms with Crippen molar-refractivity contribution in [2.45, 2.75) is 31.8 Å². The lowest BCUT2D eigenvalue weighted by atomic mass is 10.0. The SMILES string of the molecule is COc1ccc(C2CCCN2C(=O)CCn2nnc3ccccc3c2=O)c(OC)c1. The van der Waals surface area contributed by atoms with E-state index in [0.717, 1.165) is 18.4 Å². The Morgan fingerprint density at radius 1 is 1.17 bits per heavy atom. The van der Waals surface area contributed by atoms with E-state index in [1.807, 2.05) is 29.2 Å². The summed E-state index contributed by atoms with van der Waals surface area (Å²) < 4.78 is 12.1. The molecule has 1 unspecified atom stereocenters. The number of nitrogens with zero attached hydrogens (tertiary/aromatic N) is 4. The fourth-order valence-corrected chi connectivity index (χ4v) is 4.00. The summed E-state index contributed by atoms with van der Waals surface area (Å²) in [5.74, 6) is 1.40. The Morgan fingerprint density at radius 3 is 2.80 bits per heavy atom. The molecule has 1 amide bonds. The van der Waals surface area contributed by atoms with Crippen LogP contribution in [0.5, 0.6) is 11.5 Å². The van der Waals surface area contributed by atoms with Crippen molar-refractivity contribution in [3.05, 3.63) is 58.4 Å². The number of amides is 1. The molecule has 4 rings (SSSR count). The van der Waals surface area contributed by atoms with Crippen LogP contribution in [0.15, 0.2) is 47.3 Å². The highest BCUT2D eigenvalue weighted by atomic mass is 16.5. The highest BCUT2D eigenvalue weighted by molar-refractivity contribution is 5.78. The molecule has 3 aromatic rings. The molecule has 0 bridgehead atoms. The number of rotatable bonds is 6. The van der Waals surface area contributed by atoms with Gasteiger partial charge < -0.3 is 14.4 Å². The van der Waals surface area contributed by atoms with E-state index in [4.69, 9.17) is 9.47 Å². The second kappa shape index (κ2) is 8.52. The molecule has 156 valence electrons. The molecule has 0 aliphatic carbocycles. The van der Waals surface area contributed by atoms with Crippen molar-refractivity contribution in [2.24, 2.45) is 0 Å². The second-order valence-corrected chi connectivity index (χ2v) is 7.24. The zero-order valence-electron chi connectivity index (χ0n) is 17.1. The fourth-order valence-electron chi connectivity index (χ4n) is 4.00. The normalized spacial score (nSPS) is 16.1. The summed E-state index contributed by atoms with van der Waals surface area (Å²) in [6.45, 7) is 0.870. The molecule has 1 fully saturated rings. The Bertz CT molecular complexity index is 1130. The third-order valence-electron chi connectivity index (χ3n) is 5.54. The van der Waals surface area contributed by atoms with Gasteiger partial charge in [0.2, 0.25) is 5.91 Å². The molecule has 1 aromatic heterocycles. The molecule has 2 aromatic carbocycles. The van der Waals surface area contributed by atoms with Gasteiger partial charge in [-0.25, -0.2) is 4.68 Å². The molecule has 0 radical (unpaired) electrons. The van der Waals surface area contributed by atoms with Crippen LogP contribution in [0.2, 0.25) is 0 Å². The van der Waals surface area contributed by atoms with Crippen molar-refractivity contribution in [3.8, 4) is 11.5 Å². The number of carbonyl (C=O) groups is 1. The van der Waals surface area contributed by atoms with Crippen molar-refractivity contribution in [2.75, 3.05) is 20.8 Å². The maximum Gasteiger partial charge on any atom is 0.277 e. The number of fused-ring (bicyclic) bond motifs is 1. The predicted molar refractivity (Wildman–Crippen MR) is 112 cm³/mol. The summed E-state index contributed by atoms with van der Waals surface area (Å²) in [5.41, 5.74) is 1.28. The minimum Gasteiger partial charge on any atom is -0.497 e. The summed E-state index contributed by atoms with van der Waals surface area (Å²) in [4.78, 5) is 27.5. The zero-order chi connectivity index (χ0) is 21.1. The quantitative estimate of drug-likeness (QED) is 0.623. The number of hydrogen-bond donors (Lipinski definition) is 0. The Balaban J connectivity index is 1.51. The van der Waals surface area contributed by atoms with Crippen LogP contribution in [0.4, 0.5) is 0 Å². The van der Waals surface area contributed by atoms with Gasteiger partial charge in [-0.3, -0.25) is 9.59 Å². The average Bonchev–Trinajstić information content (AvgIpc) is 3.28. The Labute approximate surface area is 174 Å². The monoisotopic (exact) mass is 408 g/mol. The number of methoxy groups -OCH3 is 2. The maximum atomic E-state index is 13.0. The standard InChI is InChI=1S/C22H24N4O4/c1-29-15-9-10-17(20(14-15)30-2)19-8-5-12-25(19)21(27)11-13-26-22(28)16-6-3-4-7-18(16)23-24-26/h3-4,6-7,9-10,14,19H,5,8,11-13H2,1-2H3. The molecular formula is C22H24N4O4. The molecule has 1 aliphatic rings. The van der Waals surface area contributed by atoms with Crippen molar-refractivity contribution in [3.63, 3.8) is 0 Å². The third kappa shape index (κ3) is 3.72. The van der Waals surface area contributed by atoms with Crippen molar-refractivity contribution in [1.82, 2.24) is 19.9 Å². The summed E-state index contributed by atoms with van der Waals surface area (Å²) >= 11 is 0. The van der Waals surface area contributed by atoms with Crippen molar-refractivity contribution < 1.29 is 14.3 Å². The topological polar surface area (TPSA) is 86.5 Å². The summed E-state index contributed by atoms with van der Waals surface area (Å²) in [6, 6.07) is 12.7. The first kappa shape index (κ1) is 19.9. The lowest BCUT2D eigenvalue weighted by Gasteiger charge is -2.26.